The second kappa shape index (κ2) is 3.82. The van der Waals surface area contributed by atoms with E-state index in [1.54, 1.807) is 12.3 Å². The van der Waals surface area contributed by atoms with Crippen LogP contribution in [0.1, 0.15) is 5.69 Å². The average Bonchev–Trinajstić information content (AvgIpc) is 2.05. The molecule has 4 N–H and O–H groups in total. The quantitative estimate of drug-likeness (QED) is 0.517. The van der Waals surface area contributed by atoms with Gasteiger partial charge >= 0.3 is 0 Å². The van der Waals surface area contributed by atoms with E-state index in [1.807, 2.05) is 12.1 Å². The summed E-state index contributed by atoms with van der Waals surface area (Å²) in [6.45, 7) is 0. The molecule has 0 bridgehead atoms. The number of hydrogen-bond acceptors (Lipinski definition) is 3. The number of hydrogen-bond donors (Lipinski definition) is 2. The Labute approximate surface area is 76.1 Å². The molecule has 0 atom stereocenters. The van der Waals surface area contributed by atoms with Crippen LogP contribution in [0.25, 0.3) is 5.70 Å². The van der Waals surface area contributed by atoms with Crippen molar-refractivity contribution in [1.29, 1.82) is 0 Å². The third kappa shape index (κ3) is 2.32. The Balaban J connectivity index is 2.93. The molecule has 0 saturated heterocycles. The molecule has 0 fully saturated rings. The number of thiocarbonyl (C=S) groups is 1. The first-order chi connectivity index (χ1) is 5.70. The number of pyridine rings is 1. The molecule has 0 aliphatic heterocycles. The predicted octanol–water partition coefficient (Wildman–Crippen LogP) is 0.667. The van der Waals surface area contributed by atoms with Gasteiger partial charge in [0.05, 0.1) is 16.4 Å². The normalized spacial score (nSPS) is 11.2. The molecule has 0 aromatic carbocycles. The molecule has 0 unspecified atom stereocenters. The number of nitrogens with zero attached hydrogens (tertiary/aromatic N) is 1. The van der Waals surface area contributed by atoms with E-state index < -0.39 is 0 Å². The van der Waals surface area contributed by atoms with Crippen LogP contribution in [0.15, 0.2) is 30.5 Å². The maximum atomic E-state index is 5.63. The monoisotopic (exact) mass is 179 g/mol. The van der Waals surface area contributed by atoms with Crippen molar-refractivity contribution in [2.45, 2.75) is 0 Å². The highest BCUT2D eigenvalue weighted by molar-refractivity contribution is 7.80. The SMILES string of the molecule is NC(=S)/C=C(\N)c1ccccn1. The summed E-state index contributed by atoms with van der Waals surface area (Å²) < 4.78 is 0. The molecule has 3 nitrogen and oxygen atoms in total. The minimum absolute atomic E-state index is 0.262. The van der Waals surface area contributed by atoms with Crippen LogP contribution >= 0.6 is 12.2 Å². The van der Waals surface area contributed by atoms with Crippen LogP contribution in [0, 0.1) is 0 Å². The van der Waals surface area contributed by atoms with E-state index in [-0.39, 0.29) is 4.99 Å². The molecule has 0 aliphatic rings. The lowest BCUT2D eigenvalue weighted by atomic mass is 10.3. The fourth-order valence-electron chi connectivity index (χ4n) is 0.761. The number of aromatic nitrogens is 1. The van der Waals surface area contributed by atoms with Crippen molar-refractivity contribution in [2.24, 2.45) is 11.5 Å². The van der Waals surface area contributed by atoms with Gasteiger partial charge in [-0.3, -0.25) is 4.98 Å². The zero-order valence-corrected chi connectivity index (χ0v) is 7.21. The molecule has 1 aromatic heterocycles. The van der Waals surface area contributed by atoms with Crippen molar-refractivity contribution in [3.05, 3.63) is 36.2 Å². The minimum atomic E-state index is 0.262. The van der Waals surface area contributed by atoms with Gasteiger partial charge in [0.1, 0.15) is 0 Å². The zero-order valence-electron chi connectivity index (χ0n) is 6.40. The van der Waals surface area contributed by atoms with Crippen molar-refractivity contribution in [2.75, 3.05) is 0 Å². The van der Waals surface area contributed by atoms with Crippen LogP contribution in [-0.2, 0) is 0 Å². The van der Waals surface area contributed by atoms with Crippen molar-refractivity contribution in [3.63, 3.8) is 0 Å². The molecule has 1 aromatic rings. The predicted molar refractivity (Wildman–Crippen MR) is 53.2 cm³/mol. The molecular weight excluding hydrogens is 170 g/mol. The topological polar surface area (TPSA) is 64.9 Å². The van der Waals surface area contributed by atoms with E-state index in [9.17, 15) is 0 Å². The van der Waals surface area contributed by atoms with Crippen molar-refractivity contribution < 1.29 is 0 Å². The van der Waals surface area contributed by atoms with Crippen LogP contribution in [0.4, 0.5) is 0 Å². The van der Waals surface area contributed by atoms with E-state index in [2.05, 4.69) is 17.2 Å². The fraction of sp³-hybridized carbons (Fsp3) is 0. The third-order valence-corrected chi connectivity index (χ3v) is 1.38. The zero-order chi connectivity index (χ0) is 8.97. The van der Waals surface area contributed by atoms with E-state index in [0.29, 0.717) is 11.4 Å². The summed E-state index contributed by atoms with van der Waals surface area (Å²) in [6, 6.07) is 5.46. The van der Waals surface area contributed by atoms with E-state index in [1.165, 1.54) is 6.08 Å². The molecule has 12 heavy (non-hydrogen) atoms. The largest absolute Gasteiger partial charge is 0.397 e. The highest BCUT2D eigenvalue weighted by Gasteiger charge is 1.95. The molecule has 0 saturated carbocycles. The van der Waals surface area contributed by atoms with Gasteiger partial charge in [-0.15, -0.1) is 0 Å². The Kier molecular flexibility index (Phi) is 2.76. The van der Waals surface area contributed by atoms with Crippen molar-refractivity contribution in [3.8, 4) is 0 Å². The Morgan fingerprint density at radius 2 is 2.17 bits per heavy atom. The lowest BCUT2D eigenvalue weighted by Crippen LogP contribution is -2.08. The van der Waals surface area contributed by atoms with Crippen LogP contribution in [-0.4, -0.2) is 9.97 Å². The average molecular weight is 179 g/mol. The van der Waals surface area contributed by atoms with Crippen molar-refractivity contribution in [1.82, 2.24) is 4.98 Å². The first kappa shape index (κ1) is 8.67. The lowest BCUT2D eigenvalue weighted by Gasteiger charge is -1.98. The van der Waals surface area contributed by atoms with Gasteiger partial charge in [0.25, 0.3) is 0 Å². The van der Waals surface area contributed by atoms with Crippen LogP contribution < -0.4 is 11.5 Å². The smallest absolute Gasteiger partial charge is 0.0983 e. The van der Waals surface area contributed by atoms with E-state index in [4.69, 9.17) is 11.5 Å². The van der Waals surface area contributed by atoms with E-state index >= 15 is 0 Å². The molecular formula is C8H9N3S. The fourth-order valence-corrected chi connectivity index (χ4v) is 0.888. The molecule has 0 aliphatic carbocycles. The second-order valence-corrected chi connectivity index (χ2v) is 2.69. The lowest BCUT2D eigenvalue weighted by molar-refractivity contribution is 1.26. The molecule has 0 spiro atoms. The maximum Gasteiger partial charge on any atom is 0.0983 e. The van der Waals surface area contributed by atoms with Gasteiger partial charge in [-0.2, -0.15) is 0 Å². The summed E-state index contributed by atoms with van der Waals surface area (Å²) in [4.78, 5) is 4.29. The second-order valence-electron chi connectivity index (χ2n) is 2.22. The standard InChI is InChI=1S/C8H9N3S/c9-6(5-8(10)12)7-3-1-2-4-11-7/h1-5H,9H2,(H2,10,12)/b6-5-. The first-order valence-electron chi connectivity index (χ1n) is 3.38. The highest BCUT2D eigenvalue weighted by Crippen LogP contribution is 2.02. The molecule has 0 amide bonds. The van der Waals surface area contributed by atoms with Crippen LogP contribution in [0.5, 0.6) is 0 Å². The third-order valence-electron chi connectivity index (χ3n) is 1.26. The van der Waals surface area contributed by atoms with Gasteiger partial charge in [0, 0.05) is 6.20 Å². The van der Waals surface area contributed by atoms with Crippen LogP contribution in [0.3, 0.4) is 0 Å². The molecule has 62 valence electrons. The summed E-state index contributed by atoms with van der Waals surface area (Å²) >= 11 is 4.67. The number of nitrogens with two attached hydrogens (primary N) is 2. The summed E-state index contributed by atoms with van der Waals surface area (Å²) in [6.07, 6.45) is 3.17. The van der Waals surface area contributed by atoms with Gasteiger partial charge in [0.15, 0.2) is 0 Å². The van der Waals surface area contributed by atoms with Crippen molar-refractivity contribution >= 4 is 22.9 Å². The number of rotatable bonds is 2. The summed E-state index contributed by atoms with van der Waals surface area (Å²) in [5.74, 6) is 0. The Morgan fingerprint density at radius 1 is 1.42 bits per heavy atom. The van der Waals surface area contributed by atoms with Gasteiger partial charge < -0.3 is 11.5 Å². The Bertz CT molecular complexity index is 305. The highest BCUT2D eigenvalue weighted by atomic mass is 32.1. The van der Waals surface area contributed by atoms with Gasteiger partial charge in [-0.25, -0.2) is 0 Å². The Hall–Kier alpha value is -1.42. The summed E-state index contributed by atoms with van der Waals surface area (Å²) in [7, 11) is 0. The first-order valence-corrected chi connectivity index (χ1v) is 3.79. The summed E-state index contributed by atoms with van der Waals surface area (Å²) in [5, 5.41) is 0. The minimum Gasteiger partial charge on any atom is -0.397 e. The van der Waals surface area contributed by atoms with Gasteiger partial charge in [-0.1, -0.05) is 18.3 Å². The summed E-state index contributed by atoms with van der Waals surface area (Å²) in [5.41, 5.74) is 12.1. The molecule has 1 heterocycles. The van der Waals surface area contributed by atoms with Gasteiger partial charge in [-0.05, 0) is 18.2 Å². The molecule has 4 heteroatoms. The van der Waals surface area contributed by atoms with E-state index in [0.717, 1.165) is 0 Å². The molecule has 0 radical (unpaired) electrons. The Morgan fingerprint density at radius 3 is 2.67 bits per heavy atom. The molecule has 1 rings (SSSR count). The maximum absolute atomic E-state index is 5.63. The van der Waals surface area contributed by atoms with Crippen LogP contribution in [0.2, 0.25) is 0 Å². The van der Waals surface area contributed by atoms with Gasteiger partial charge in [0.2, 0.25) is 0 Å².